The van der Waals surface area contributed by atoms with Crippen LogP contribution in [0.2, 0.25) is 0 Å². The Morgan fingerprint density at radius 1 is 0.957 bits per heavy atom. The molecule has 3 aliphatic rings. The van der Waals surface area contributed by atoms with Crippen LogP contribution in [0.3, 0.4) is 0 Å². The largest absolute Gasteiger partial charge is 0.350 e. The van der Waals surface area contributed by atoms with E-state index >= 15 is 0 Å². The Balaban J connectivity index is 1.76. The van der Waals surface area contributed by atoms with Gasteiger partial charge in [0.1, 0.15) is 0 Å². The summed E-state index contributed by atoms with van der Waals surface area (Å²) < 4.78 is 2.10. The van der Waals surface area contributed by atoms with Gasteiger partial charge in [0.15, 0.2) is 5.78 Å². The number of Topliss-reactive ketones (excluding diaryl/α,β-unsaturated/α-hetero) is 1. The van der Waals surface area contributed by atoms with Gasteiger partial charge in [-0.2, -0.15) is 0 Å². The first kappa shape index (κ1) is 13.4. The minimum atomic E-state index is 0.244. The Kier molecular flexibility index (Phi) is 2.73. The molecule has 2 aromatic rings. The zero-order valence-electron chi connectivity index (χ0n) is 13.4. The van der Waals surface area contributed by atoms with Crippen molar-refractivity contribution in [3.05, 3.63) is 59.9 Å². The fourth-order valence-corrected chi connectivity index (χ4v) is 5.49. The number of benzene rings is 1. The highest BCUT2D eigenvalue weighted by molar-refractivity contribution is 6.32. The molecule has 0 amide bonds. The summed E-state index contributed by atoms with van der Waals surface area (Å²) in [5.41, 5.74) is 4.66. The average molecular weight is 303 g/mol. The van der Waals surface area contributed by atoms with Gasteiger partial charge < -0.3 is 4.57 Å². The third kappa shape index (κ3) is 1.72. The first-order valence-corrected chi connectivity index (χ1v) is 8.71. The summed E-state index contributed by atoms with van der Waals surface area (Å²) in [6.45, 7) is 0. The highest BCUT2D eigenvalue weighted by Gasteiger charge is 2.57. The van der Waals surface area contributed by atoms with Crippen LogP contribution in [0.25, 0.3) is 11.1 Å². The molecule has 0 saturated heterocycles. The lowest BCUT2D eigenvalue weighted by Gasteiger charge is -2.26. The predicted molar refractivity (Wildman–Crippen MR) is 91.5 cm³/mol. The van der Waals surface area contributed by atoms with Crippen LogP contribution in [0.4, 0.5) is 0 Å². The number of rotatable bonds is 2. The maximum Gasteiger partial charge on any atom is 0.169 e. The topological polar surface area (TPSA) is 22.0 Å². The molecule has 2 heteroatoms. The fraction of sp³-hybridized carbons (Fsp3) is 0.381. The second-order valence-corrected chi connectivity index (χ2v) is 7.41. The van der Waals surface area contributed by atoms with Crippen molar-refractivity contribution in [1.29, 1.82) is 0 Å². The highest BCUT2D eigenvalue weighted by Crippen LogP contribution is 2.62. The Morgan fingerprint density at radius 3 is 2.39 bits per heavy atom. The molecule has 2 saturated carbocycles. The highest BCUT2D eigenvalue weighted by atomic mass is 16.1. The molecule has 0 radical (unpaired) electrons. The Hall–Kier alpha value is -2.09. The molecule has 1 aromatic carbocycles. The number of hydrogen-bond acceptors (Lipinski definition) is 1. The van der Waals surface area contributed by atoms with Crippen molar-refractivity contribution in [3.63, 3.8) is 0 Å². The summed E-state index contributed by atoms with van der Waals surface area (Å²) in [6, 6.07) is 14.7. The quantitative estimate of drug-likeness (QED) is 0.815. The van der Waals surface area contributed by atoms with Gasteiger partial charge in [0.2, 0.25) is 0 Å². The minimum Gasteiger partial charge on any atom is -0.350 e. The molecule has 0 spiro atoms. The van der Waals surface area contributed by atoms with Crippen LogP contribution < -0.4 is 0 Å². The standard InChI is InChI=1S/C21H21NO/c1-22-11-5-8-16(22)20-17(13-6-3-2-4-7-13)18-14-9-10-15(12-14)19(18)21(20)23/h2-8,11,14-15,18-19H,9-10,12H2,1H3/t14-,15+,18-,19-/m0/s1. The van der Waals surface area contributed by atoms with Crippen LogP contribution in [-0.2, 0) is 11.8 Å². The first-order valence-electron chi connectivity index (χ1n) is 8.71. The van der Waals surface area contributed by atoms with Gasteiger partial charge in [-0.25, -0.2) is 0 Å². The molecule has 0 aliphatic heterocycles. The van der Waals surface area contributed by atoms with E-state index in [1.807, 2.05) is 19.3 Å². The number of carbonyl (C=O) groups excluding carboxylic acids is 1. The molecule has 2 bridgehead atoms. The van der Waals surface area contributed by atoms with E-state index in [4.69, 9.17) is 0 Å². The van der Waals surface area contributed by atoms with Gasteiger partial charge in [-0.15, -0.1) is 0 Å². The molecule has 4 atom stereocenters. The molecule has 2 nitrogen and oxygen atoms in total. The van der Waals surface area contributed by atoms with E-state index < -0.39 is 0 Å². The van der Waals surface area contributed by atoms with E-state index in [1.54, 1.807) is 0 Å². The van der Waals surface area contributed by atoms with Gasteiger partial charge in [0.25, 0.3) is 0 Å². The third-order valence-electron chi connectivity index (χ3n) is 6.35. The number of allylic oxidation sites excluding steroid dienone is 2. The molecule has 3 aliphatic carbocycles. The number of fused-ring (bicyclic) bond motifs is 5. The molecule has 116 valence electrons. The summed E-state index contributed by atoms with van der Waals surface area (Å²) in [6.07, 6.45) is 5.86. The lowest BCUT2D eigenvalue weighted by molar-refractivity contribution is -0.118. The molecular formula is C21H21NO. The van der Waals surface area contributed by atoms with E-state index in [-0.39, 0.29) is 5.92 Å². The van der Waals surface area contributed by atoms with Gasteiger partial charge in [0.05, 0.1) is 5.69 Å². The molecule has 0 unspecified atom stereocenters. The van der Waals surface area contributed by atoms with E-state index in [0.29, 0.717) is 23.5 Å². The van der Waals surface area contributed by atoms with Gasteiger partial charge in [-0.3, -0.25) is 4.79 Å². The fourth-order valence-electron chi connectivity index (χ4n) is 5.49. The van der Waals surface area contributed by atoms with Crippen molar-refractivity contribution in [2.45, 2.75) is 19.3 Å². The lowest BCUT2D eigenvalue weighted by atomic mass is 9.77. The summed E-state index contributed by atoms with van der Waals surface area (Å²) in [7, 11) is 2.04. The maximum atomic E-state index is 13.3. The number of carbonyl (C=O) groups is 1. The molecule has 2 fully saturated rings. The van der Waals surface area contributed by atoms with Gasteiger partial charge >= 0.3 is 0 Å². The van der Waals surface area contributed by atoms with E-state index in [2.05, 4.69) is 41.0 Å². The van der Waals surface area contributed by atoms with Crippen molar-refractivity contribution in [1.82, 2.24) is 4.57 Å². The number of ketones is 1. The summed E-state index contributed by atoms with van der Waals surface area (Å²) in [4.78, 5) is 13.3. The van der Waals surface area contributed by atoms with Crippen LogP contribution in [-0.4, -0.2) is 10.4 Å². The van der Waals surface area contributed by atoms with Gasteiger partial charge in [-0.1, -0.05) is 30.3 Å². The van der Waals surface area contributed by atoms with Crippen molar-refractivity contribution in [2.75, 3.05) is 0 Å². The first-order chi connectivity index (χ1) is 11.3. The molecule has 1 heterocycles. The van der Waals surface area contributed by atoms with Gasteiger partial charge in [-0.05, 0) is 60.3 Å². The maximum absolute atomic E-state index is 13.3. The van der Waals surface area contributed by atoms with Crippen molar-refractivity contribution in [3.8, 4) is 0 Å². The van der Waals surface area contributed by atoms with Crippen LogP contribution in [0.5, 0.6) is 0 Å². The Morgan fingerprint density at radius 2 is 1.70 bits per heavy atom. The molecule has 23 heavy (non-hydrogen) atoms. The molecular weight excluding hydrogens is 282 g/mol. The summed E-state index contributed by atoms with van der Waals surface area (Å²) >= 11 is 0. The minimum absolute atomic E-state index is 0.244. The van der Waals surface area contributed by atoms with Crippen LogP contribution in [0, 0.1) is 23.7 Å². The second-order valence-electron chi connectivity index (χ2n) is 7.41. The predicted octanol–water partition coefficient (Wildman–Crippen LogP) is 4.18. The van der Waals surface area contributed by atoms with Crippen LogP contribution in [0.1, 0.15) is 30.5 Å². The zero-order chi connectivity index (χ0) is 15.6. The number of hydrogen-bond donors (Lipinski definition) is 0. The monoisotopic (exact) mass is 303 g/mol. The number of aromatic nitrogens is 1. The van der Waals surface area contributed by atoms with Crippen molar-refractivity contribution < 1.29 is 4.79 Å². The SMILES string of the molecule is Cn1cccc1C1=C(c2ccccc2)[C@@H]2[C@H]3CC[C@H](C3)[C@@H]2C1=O. The average Bonchev–Trinajstić information content (AvgIpc) is 3.31. The Bertz CT molecular complexity index is 813. The number of nitrogens with zero attached hydrogens (tertiary/aromatic N) is 1. The van der Waals surface area contributed by atoms with Crippen LogP contribution >= 0.6 is 0 Å². The lowest BCUT2D eigenvalue weighted by Crippen LogP contribution is -2.24. The summed E-state index contributed by atoms with van der Waals surface area (Å²) in [5, 5.41) is 0. The van der Waals surface area contributed by atoms with E-state index in [0.717, 1.165) is 11.3 Å². The normalized spacial score (nSPS) is 32.0. The van der Waals surface area contributed by atoms with E-state index in [1.165, 1.54) is 30.4 Å². The number of aryl methyl sites for hydroxylation is 1. The third-order valence-corrected chi connectivity index (χ3v) is 6.35. The molecule has 0 N–H and O–H groups in total. The van der Waals surface area contributed by atoms with Crippen LogP contribution in [0.15, 0.2) is 48.7 Å². The van der Waals surface area contributed by atoms with Crippen molar-refractivity contribution >= 4 is 16.9 Å². The second kappa shape index (κ2) is 4.70. The zero-order valence-corrected chi connectivity index (χ0v) is 13.4. The van der Waals surface area contributed by atoms with Gasteiger partial charge in [0, 0.05) is 24.7 Å². The molecule has 5 rings (SSSR count). The summed E-state index contributed by atoms with van der Waals surface area (Å²) in [5.74, 6) is 2.43. The molecule has 1 aromatic heterocycles. The smallest absolute Gasteiger partial charge is 0.169 e. The van der Waals surface area contributed by atoms with E-state index in [9.17, 15) is 4.79 Å². The Labute approximate surface area is 136 Å². The van der Waals surface area contributed by atoms with Crippen molar-refractivity contribution in [2.24, 2.45) is 30.7 Å².